The van der Waals surface area contributed by atoms with Gasteiger partial charge in [-0.1, -0.05) is 19.4 Å². The molecular weight excluding hydrogens is 214 g/mol. The monoisotopic (exact) mass is 235 g/mol. The van der Waals surface area contributed by atoms with E-state index in [0.29, 0.717) is 5.41 Å². The lowest BCUT2D eigenvalue weighted by Crippen LogP contribution is -2.48. The molecule has 2 heteroatoms. The third kappa shape index (κ3) is 1.93. The summed E-state index contributed by atoms with van der Waals surface area (Å²) in [5.74, 6) is 0.975. The van der Waals surface area contributed by atoms with Gasteiger partial charge in [-0.05, 0) is 43.0 Å². The second-order valence-corrected chi connectivity index (χ2v) is 6.54. The molecule has 0 aromatic carbocycles. The fourth-order valence-corrected chi connectivity index (χ4v) is 3.92. The van der Waals surface area contributed by atoms with Crippen LogP contribution in [0.3, 0.4) is 0 Å². The molecule has 3 rings (SSSR count). The van der Waals surface area contributed by atoms with Gasteiger partial charge in [-0.2, -0.15) is 0 Å². The molecule has 0 spiro atoms. The van der Waals surface area contributed by atoms with Gasteiger partial charge in [-0.3, -0.25) is 0 Å². The van der Waals surface area contributed by atoms with Gasteiger partial charge in [0.1, 0.15) is 0 Å². The largest absolute Gasteiger partial charge is 0.313 e. The SMILES string of the molecule is CCC1CC(CNC2CC2)(c2cccs2)C1. The summed E-state index contributed by atoms with van der Waals surface area (Å²) >= 11 is 1.95. The van der Waals surface area contributed by atoms with Crippen LogP contribution in [0.2, 0.25) is 0 Å². The van der Waals surface area contributed by atoms with Gasteiger partial charge in [0, 0.05) is 22.9 Å². The Hall–Kier alpha value is -0.340. The van der Waals surface area contributed by atoms with Crippen LogP contribution in [0.25, 0.3) is 0 Å². The van der Waals surface area contributed by atoms with Gasteiger partial charge >= 0.3 is 0 Å². The molecule has 0 unspecified atom stereocenters. The summed E-state index contributed by atoms with van der Waals surface area (Å²) < 4.78 is 0. The molecule has 1 aromatic rings. The van der Waals surface area contributed by atoms with Crippen molar-refractivity contribution in [2.45, 2.75) is 50.5 Å². The van der Waals surface area contributed by atoms with Crippen LogP contribution >= 0.6 is 11.3 Å². The highest BCUT2D eigenvalue weighted by Crippen LogP contribution is 2.50. The van der Waals surface area contributed by atoms with Crippen molar-refractivity contribution in [1.29, 1.82) is 0 Å². The van der Waals surface area contributed by atoms with E-state index in [1.165, 1.54) is 38.6 Å². The zero-order valence-corrected chi connectivity index (χ0v) is 10.9. The van der Waals surface area contributed by atoms with E-state index in [0.717, 1.165) is 12.0 Å². The van der Waals surface area contributed by atoms with E-state index in [1.54, 1.807) is 4.88 Å². The fourth-order valence-electron chi connectivity index (χ4n) is 2.97. The molecule has 0 bridgehead atoms. The molecule has 1 aromatic heterocycles. The fraction of sp³-hybridized carbons (Fsp3) is 0.714. The lowest BCUT2D eigenvalue weighted by atomic mass is 9.60. The summed E-state index contributed by atoms with van der Waals surface area (Å²) in [4.78, 5) is 1.62. The van der Waals surface area contributed by atoms with Crippen LogP contribution in [-0.2, 0) is 5.41 Å². The third-order valence-corrected chi connectivity index (χ3v) is 5.40. The van der Waals surface area contributed by atoms with Gasteiger partial charge in [-0.25, -0.2) is 0 Å². The quantitative estimate of drug-likeness (QED) is 0.823. The van der Waals surface area contributed by atoms with Crippen molar-refractivity contribution < 1.29 is 0 Å². The molecule has 2 saturated carbocycles. The third-order valence-electron chi connectivity index (χ3n) is 4.29. The average molecular weight is 235 g/mol. The molecular formula is C14H21NS. The summed E-state index contributed by atoms with van der Waals surface area (Å²) in [6.07, 6.45) is 6.97. The summed E-state index contributed by atoms with van der Waals surface area (Å²) in [7, 11) is 0. The molecule has 1 nitrogen and oxygen atoms in total. The Bertz CT molecular complexity index is 334. The van der Waals surface area contributed by atoms with Crippen molar-refractivity contribution in [3.05, 3.63) is 22.4 Å². The molecule has 88 valence electrons. The van der Waals surface area contributed by atoms with Crippen LogP contribution in [0.4, 0.5) is 0 Å². The number of rotatable bonds is 5. The van der Waals surface area contributed by atoms with Gasteiger partial charge in [-0.15, -0.1) is 11.3 Å². The minimum atomic E-state index is 0.497. The van der Waals surface area contributed by atoms with E-state index in [4.69, 9.17) is 0 Å². The standard InChI is InChI=1S/C14H21NS/c1-2-11-8-14(9-11,10-15-12-5-6-12)13-4-3-7-16-13/h3-4,7,11-12,15H,2,5-6,8-10H2,1H3. The second kappa shape index (κ2) is 4.15. The normalized spacial score (nSPS) is 33.7. The van der Waals surface area contributed by atoms with Crippen molar-refractivity contribution in [3.8, 4) is 0 Å². The van der Waals surface area contributed by atoms with E-state index < -0.39 is 0 Å². The number of thiophene rings is 1. The molecule has 0 radical (unpaired) electrons. The van der Waals surface area contributed by atoms with Gasteiger partial charge in [0.2, 0.25) is 0 Å². The van der Waals surface area contributed by atoms with Crippen molar-refractivity contribution in [2.75, 3.05) is 6.54 Å². The van der Waals surface area contributed by atoms with Crippen molar-refractivity contribution >= 4 is 11.3 Å². The molecule has 2 aliphatic rings. The highest BCUT2D eigenvalue weighted by molar-refractivity contribution is 7.10. The Morgan fingerprint density at radius 1 is 1.44 bits per heavy atom. The van der Waals surface area contributed by atoms with Gasteiger partial charge in [0.15, 0.2) is 0 Å². The molecule has 1 heterocycles. The first-order chi connectivity index (χ1) is 7.82. The van der Waals surface area contributed by atoms with Crippen LogP contribution in [0.5, 0.6) is 0 Å². The maximum Gasteiger partial charge on any atom is 0.0177 e. The Labute approximate surface area is 102 Å². The van der Waals surface area contributed by atoms with Gasteiger partial charge in [0.25, 0.3) is 0 Å². The Balaban J connectivity index is 1.68. The maximum absolute atomic E-state index is 3.74. The molecule has 2 fully saturated rings. The first kappa shape index (κ1) is 10.8. The van der Waals surface area contributed by atoms with E-state index in [-0.39, 0.29) is 0 Å². The summed E-state index contributed by atoms with van der Waals surface area (Å²) in [5, 5.41) is 5.97. The summed E-state index contributed by atoms with van der Waals surface area (Å²) in [6, 6.07) is 5.39. The number of hydrogen-bond donors (Lipinski definition) is 1. The van der Waals surface area contributed by atoms with E-state index in [1.807, 2.05) is 11.3 Å². The van der Waals surface area contributed by atoms with E-state index in [2.05, 4.69) is 29.8 Å². The summed E-state index contributed by atoms with van der Waals surface area (Å²) in [5.41, 5.74) is 0.497. The molecule has 0 aliphatic heterocycles. The zero-order valence-electron chi connectivity index (χ0n) is 10.0. The van der Waals surface area contributed by atoms with Crippen LogP contribution in [-0.4, -0.2) is 12.6 Å². The van der Waals surface area contributed by atoms with Crippen molar-refractivity contribution in [2.24, 2.45) is 5.92 Å². The molecule has 2 aliphatic carbocycles. The second-order valence-electron chi connectivity index (χ2n) is 5.60. The van der Waals surface area contributed by atoms with E-state index in [9.17, 15) is 0 Å². The van der Waals surface area contributed by atoms with Crippen molar-refractivity contribution in [3.63, 3.8) is 0 Å². The number of hydrogen-bond acceptors (Lipinski definition) is 2. The topological polar surface area (TPSA) is 12.0 Å². The first-order valence-electron chi connectivity index (χ1n) is 6.60. The Morgan fingerprint density at radius 2 is 2.25 bits per heavy atom. The van der Waals surface area contributed by atoms with Crippen LogP contribution in [0.15, 0.2) is 17.5 Å². The highest BCUT2D eigenvalue weighted by atomic mass is 32.1. The zero-order chi connectivity index (χ0) is 11.0. The lowest BCUT2D eigenvalue weighted by Gasteiger charge is -2.47. The highest BCUT2D eigenvalue weighted by Gasteiger charge is 2.45. The van der Waals surface area contributed by atoms with Gasteiger partial charge < -0.3 is 5.32 Å². The maximum atomic E-state index is 3.74. The molecule has 1 N–H and O–H groups in total. The first-order valence-corrected chi connectivity index (χ1v) is 7.48. The Morgan fingerprint density at radius 3 is 2.81 bits per heavy atom. The molecule has 0 saturated heterocycles. The number of nitrogens with one attached hydrogen (secondary N) is 1. The van der Waals surface area contributed by atoms with E-state index >= 15 is 0 Å². The predicted molar refractivity (Wildman–Crippen MR) is 70.0 cm³/mol. The van der Waals surface area contributed by atoms with Crippen LogP contribution < -0.4 is 5.32 Å². The smallest absolute Gasteiger partial charge is 0.0177 e. The molecule has 16 heavy (non-hydrogen) atoms. The summed E-state index contributed by atoms with van der Waals surface area (Å²) in [6.45, 7) is 3.55. The van der Waals surface area contributed by atoms with Crippen molar-refractivity contribution in [1.82, 2.24) is 5.32 Å². The average Bonchev–Trinajstić information content (AvgIpc) is 2.90. The van der Waals surface area contributed by atoms with Crippen LogP contribution in [0.1, 0.15) is 43.9 Å². The predicted octanol–water partition coefficient (Wildman–Crippen LogP) is 3.56. The van der Waals surface area contributed by atoms with Crippen LogP contribution in [0, 0.1) is 5.92 Å². The minimum absolute atomic E-state index is 0.497. The molecule has 0 atom stereocenters. The molecule has 0 amide bonds. The van der Waals surface area contributed by atoms with Gasteiger partial charge in [0.05, 0.1) is 0 Å². The minimum Gasteiger partial charge on any atom is -0.313 e. The Kier molecular flexibility index (Phi) is 2.80. The lowest BCUT2D eigenvalue weighted by molar-refractivity contribution is 0.137.